The van der Waals surface area contributed by atoms with Gasteiger partial charge in [-0.1, -0.05) is 0 Å². The van der Waals surface area contributed by atoms with E-state index in [1.165, 1.54) is 20.0 Å². The van der Waals surface area contributed by atoms with E-state index in [4.69, 9.17) is 10.5 Å². The van der Waals surface area contributed by atoms with Gasteiger partial charge in [-0.25, -0.2) is 0 Å². The van der Waals surface area contributed by atoms with Crippen LogP contribution < -0.4 is 15.4 Å². The summed E-state index contributed by atoms with van der Waals surface area (Å²) in [6.07, 6.45) is 2.59. The molecule has 0 aromatic carbocycles. The quantitative estimate of drug-likeness (QED) is 0.769. The lowest BCUT2D eigenvalue weighted by Crippen LogP contribution is -2.23. The highest BCUT2D eigenvalue weighted by atomic mass is 16.5. The Kier molecular flexibility index (Phi) is 2.57. The molecule has 15 heavy (non-hydrogen) atoms. The summed E-state index contributed by atoms with van der Waals surface area (Å²) < 4.78 is 4.94. The topological polar surface area (TPSA) is 77.2 Å². The summed E-state index contributed by atoms with van der Waals surface area (Å²) in [5.41, 5.74) is 5.55. The van der Waals surface area contributed by atoms with Crippen molar-refractivity contribution >= 4 is 11.9 Å². The van der Waals surface area contributed by atoms with Gasteiger partial charge in [0.05, 0.1) is 7.11 Å². The Morgan fingerprint density at radius 3 is 2.73 bits per heavy atom. The molecule has 1 aromatic heterocycles. The Morgan fingerprint density at radius 2 is 2.13 bits per heavy atom. The first-order valence-electron chi connectivity index (χ1n) is 4.95. The molecule has 1 fully saturated rings. The molecule has 0 saturated heterocycles. The van der Waals surface area contributed by atoms with Crippen molar-refractivity contribution in [2.45, 2.75) is 12.8 Å². The molecule has 2 N–H and O–H groups in total. The highest BCUT2D eigenvalue weighted by Gasteiger charge is 2.24. The molecular formula is C9H15N5O. The van der Waals surface area contributed by atoms with Gasteiger partial charge in [0.15, 0.2) is 0 Å². The number of hydrogen-bond donors (Lipinski definition) is 1. The first kappa shape index (κ1) is 9.95. The van der Waals surface area contributed by atoms with Crippen molar-refractivity contribution in [1.82, 2.24) is 15.0 Å². The van der Waals surface area contributed by atoms with E-state index in [2.05, 4.69) is 15.0 Å². The summed E-state index contributed by atoms with van der Waals surface area (Å²) >= 11 is 0. The monoisotopic (exact) mass is 209 g/mol. The van der Waals surface area contributed by atoms with Crippen LogP contribution in [0.3, 0.4) is 0 Å². The van der Waals surface area contributed by atoms with Gasteiger partial charge in [-0.2, -0.15) is 15.0 Å². The molecule has 0 atom stereocenters. The van der Waals surface area contributed by atoms with Crippen LogP contribution in [0.25, 0.3) is 0 Å². The first-order valence-corrected chi connectivity index (χ1v) is 4.95. The Balaban J connectivity index is 2.13. The number of nitrogens with two attached hydrogens (primary N) is 1. The van der Waals surface area contributed by atoms with E-state index in [-0.39, 0.29) is 12.0 Å². The maximum absolute atomic E-state index is 5.55. The number of hydrogen-bond acceptors (Lipinski definition) is 6. The zero-order valence-electron chi connectivity index (χ0n) is 8.97. The van der Waals surface area contributed by atoms with Crippen LogP contribution in [0, 0.1) is 5.92 Å². The second-order valence-electron chi connectivity index (χ2n) is 3.80. The number of anilines is 2. The van der Waals surface area contributed by atoms with Crippen LogP contribution in [0.5, 0.6) is 6.01 Å². The van der Waals surface area contributed by atoms with Gasteiger partial charge in [0.25, 0.3) is 0 Å². The first-order chi connectivity index (χ1) is 7.19. The van der Waals surface area contributed by atoms with Crippen LogP contribution in [0.15, 0.2) is 0 Å². The highest BCUT2D eigenvalue weighted by molar-refractivity contribution is 5.35. The predicted octanol–water partition coefficient (Wildman–Crippen LogP) is 0.309. The third-order valence-corrected chi connectivity index (χ3v) is 2.37. The Labute approximate surface area is 88.5 Å². The third kappa shape index (κ3) is 2.45. The lowest BCUT2D eigenvalue weighted by molar-refractivity contribution is 0.379. The van der Waals surface area contributed by atoms with Gasteiger partial charge in [-0.05, 0) is 18.8 Å². The molecule has 0 bridgehead atoms. The van der Waals surface area contributed by atoms with Crippen molar-refractivity contribution in [3.63, 3.8) is 0 Å². The van der Waals surface area contributed by atoms with Gasteiger partial charge in [0.1, 0.15) is 0 Å². The molecule has 1 aromatic rings. The number of nitrogens with zero attached hydrogens (tertiary/aromatic N) is 4. The van der Waals surface area contributed by atoms with E-state index >= 15 is 0 Å². The van der Waals surface area contributed by atoms with E-state index in [0.717, 1.165) is 12.5 Å². The largest absolute Gasteiger partial charge is 0.467 e. The van der Waals surface area contributed by atoms with Gasteiger partial charge >= 0.3 is 6.01 Å². The van der Waals surface area contributed by atoms with Gasteiger partial charge in [-0.15, -0.1) is 0 Å². The van der Waals surface area contributed by atoms with Crippen molar-refractivity contribution in [1.29, 1.82) is 0 Å². The zero-order chi connectivity index (χ0) is 10.8. The van der Waals surface area contributed by atoms with E-state index in [9.17, 15) is 0 Å². The SMILES string of the molecule is COc1nc(N)nc(N(C)CC2CC2)n1. The lowest BCUT2D eigenvalue weighted by atomic mass is 10.4. The molecule has 1 saturated carbocycles. The fourth-order valence-electron chi connectivity index (χ4n) is 1.39. The number of ether oxygens (including phenoxy) is 1. The van der Waals surface area contributed by atoms with E-state index in [1.807, 2.05) is 11.9 Å². The van der Waals surface area contributed by atoms with Crippen molar-refractivity contribution in [3.8, 4) is 6.01 Å². The summed E-state index contributed by atoms with van der Waals surface area (Å²) in [5, 5.41) is 0. The summed E-state index contributed by atoms with van der Waals surface area (Å²) in [6.45, 7) is 0.965. The minimum atomic E-state index is 0.194. The maximum atomic E-state index is 5.55. The van der Waals surface area contributed by atoms with Gasteiger partial charge in [0.2, 0.25) is 11.9 Å². The molecule has 0 radical (unpaired) electrons. The minimum absolute atomic E-state index is 0.194. The Hall–Kier alpha value is -1.59. The van der Waals surface area contributed by atoms with Crippen molar-refractivity contribution in [2.24, 2.45) is 5.92 Å². The second-order valence-corrected chi connectivity index (χ2v) is 3.80. The van der Waals surface area contributed by atoms with Gasteiger partial charge in [-0.3, -0.25) is 0 Å². The maximum Gasteiger partial charge on any atom is 0.322 e. The average molecular weight is 209 g/mol. The number of rotatable bonds is 4. The average Bonchev–Trinajstić information content (AvgIpc) is 3.00. The molecular weight excluding hydrogens is 194 g/mol. The summed E-state index contributed by atoms with van der Waals surface area (Å²) in [7, 11) is 3.46. The molecule has 0 amide bonds. The standard InChI is InChI=1S/C9H15N5O/c1-14(5-6-3-4-6)8-11-7(10)12-9(13-8)15-2/h6H,3-5H2,1-2H3,(H2,10,11,12,13). The van der Waals surface area contributed by atoms with Crippen molar-refractivity contribution < 1.29 is 4.74 Å². The Morgan fingerprint density at radius 1 is 1.40 bits per heavy atom. The minimum Gasteiger partial charge on any atom is -0.467 e. The molecule has 0 aliphatic heterocycles. The van der Waals surface area contributed by atoms with Crippen LogP contribution >= 0.6 is 0 Å². The molecule has 0 unspecified atom stereocenters. The van der Waals surface area contributed by atoms with Gasteiger partial charge < -0.3 is 15.4 Å². The van der Waals surface area contributed by atoms with E-state index in [1.54, 1.807) is 0 Å². The predicted molar refractivity (Wildman–Crippen MR) is 56.8 cm³/mol. The van der Waals surface area contributed by atoms with Crippen molar-refractivity contribution in [2.75, 3.05) is 31.3 Å². The van der Waals surface area contributed by atoms with Gasteiger partial charge in [0, 0.05) is 13.6 Å². The second kappa shape index (κ2) is 3.88. The van der Waals surface area contributed by atoms with Crippen LogP contribution in [0.1, 0.15) is 12.8 Å². The molecule has 0 spiro atoms. The number of methoxy groups -OCH3 is 1. The molecule has 1 aliphatic rings. The lowest BCUT2D eigenvalue weighted by Gasteiger charge is -2.16. The molecule has 82 valence electrons. The molecule has 6 nitrogen and oxygen atoms in total. The van der Waals surface area contributed by atoms with E-state index in [0.29, 0.717) is 5.95 Å². The summed E-state index contributed by atoms with van der Waals surface area (Å²) in [5.74, 6) is 1.55. The van der Waals surface area contributed by atoms with E-state index < -0.39 is 0 Å². The van der Waals surface area contributed by atoms with Crippen LogP contribution in [-0.4, -0.2) is 35.7 Å². The normalized spacial score (nSPS) is 15.1. The van der Waals surface area contributed by atoms with Crippen LogP contribution in [0.4, 0.5) is 11.9 Å². The zero-order valence-corrected chi connectivity index (χ0v) is 8.97. The summed E-state index contributed by atoms with van der Waals surface area (Å²) in [4.78, 5) is 14.0. The molecule has 6 heteroatoms. The fraction of sp³-hybridized carbons (Fsp3) is 0.667. The third-order valence-electron chi connectivity index (χ3n) is 2.37. The molecule has 2 rings (SSSR count). The molecule has 1 aliphatic carbocycles. The molecule has 1 heterocycles. The van der Waals surface area contributed by atoms with Crippen LogP contribution in [0.2, 0.25) is 0 Å². The fourth-order valence-corrected chi connectivity index (χ4v) is 1.39. The Bertz CT molecular complexity index is 352. The van der Waals surface area contributed by atoms with Crippen molar-refractivity contribution in [3.05, 3.63) is 0 Å². The van der Waals surface area contributed by atoms with Crippen LogP contribution in [-0.2, 0) is 0 Å². The number of aromatic nitrogens is 3. The number of nitrogen functional groups attached to an aromatic ring is 1. The highest BCUT2D eigenvalue weighted by Crippen LogP contribution is 2.30. The smallest absolute Gasteiger partial charge is 0.322 e. The summed E-state index contributed by atoms with van der Waals surface area (Å²) in [6, 6.07) is 0.264.